The first kappa shape index (κ1) is 22.2. The van der Waals surface area contributed by atoms with E-state index in [1.807, 2.05) is 0 Å². The van der Waals surface area contributed by atoms with E-state index in [1.54, 1.807) is 42.6 Å². The molecule has 4 aromatic rings. The molecule has 0 atom stereocenters. The Morgan fingerprint density at radius 2 is 1.72 bits per heavy atom. The number of hydrogen-bond acceptors (Lipinski definition) is 5. The molecule has 0 aliphatic rings. The SMILES string of the molecule is [B]C([B])([B])n1cc(C(F)(F)F)nc1-c1ccc(COc2nc(Cl)nc3ncccc23)cc1. The monoisotopic (exact) mass is 449 g/mol. The Morgan fingerprint density at radius 3 is 2.38 bits per heavy atom. The number of hydrogen-bond donors (Lipinski definition) is 0. The molecule has 0 unspecified atom stereocenters. The number of ether oxygens (including phenoxy) is 1. The summed E-state index contributed by atoms with van der Waals surface area (Å²) >= 11 is 5.92. The van der Waals surface area contributed by atoms with Crippen LogP contribution in [0.15, 0.2) is 48.8 Å². The molecule has 13 heteroatoms. The molecule has 3 aromatic heterocycles. The predicted octanol–water partition coefficient (Wildman–Crippen LogP) is 3.21. The summed E-state index contributed by atoms with van der Waals surface area (Å²) in [5.74, 6) is 0.124. The van der Waals surface area contributed by atoms with Crippen molar-refractivity contribution in [2.24, 2.45) is 0 Å². The van der Waals surface area contributed by atoms with E-state index >= 15 is 0 Å². The van der Waals surface area contributed by atoms with Gasteiger partial charge in [-0.2, -0.15) is 23.1 Å². The van der Waals surface area contributed by atoms with Gasteiger partial charge in [0.25, 0.3) is 0 Å². The fourth-order valence-electron chi connectivity index (χ4n) is 2.94. The Labute approximate surface area is 189 Å². The summed E-state index contributed by atoms with van der Waals surface area (Å²) in [7, 11) is 16.8. The van der Waals surface area contributed by atoms with Gasteiger partial charge in [0.1, 0.15) is 12.4 Å². The normalized spacial score (nSPS) is 12.2. The molecule has 0 spiro atoms. The van der Waals surface area contributed by atoms with E-state index in [1.165, 1.54) is 0 Å². The molecule has 32 heavy (non-hydrogen) atoms. The average Bonchev–Trinajstić information content (AvgIpc) is 3.19. The molecule has 0 bridgehead atoms. The molecule has 0 saturated carbocycles. The van der Waals surface area contributed by atoms with Gasteiger partial charge in [0, 0.05) is 18.0 Å². The van der Waals surface area contributed by atoms with Crippen molar-refractivity contribution >= 4 is 46.2 Å². The maximum Gasteiger partial charge on any atom is 0.434 e. The molecule has 4 rings (SSSR count). The molecule has 0 fully saturated rings. The molecule has 6 nitrogen and oxygen atoms in total. The number of benzene rings is 1. The van der Waals surface area contributed by atoms with E-state index in [2.05, 4.69) is 19.9 Å². The van der Waals surface area contributed by atoms with Crippen molar-refractivity contribution in [2.45, 2.75) is 18.0 Å². The summed E-state index contributed by atoms with van der Waals surface area (Å²) in [4.78, 5) is 15.8. The summed E-state index contributed by atoms with van der Waals surface area (Å²) in [6.07, 6.45) is -2.44. The van der Waals surface area contributed by atoms with Crippen LogP contribution < -0.4 is 4.74 Å². The Bertz CT molecular complexity index is 1280. The molecule has 154 valence electrons. The zero-order chi connectivity index (χ0) is 23.1. The number of fused-ring (bicyclic) bond motifs is 1. The lowest BCUT2D eigenvalue weighted by atomic mass is 9.49. The summed E-state index contributed by atoms with van der Waals surface area (Å²) in [6, 6.07) is 9.86. The number of halogens is 4. The molecule has 0 saturated heterocycles. The number of aromatic nitrogens is 5. The minimum atomic E-state index is -4.69. The Hall–Kier alpha value is -3.01. The maximum atomic E-state index is 13.1. The minimum Gasteiger partial charge on any atom is -0.472 e. The van der Waals surface area contributed by atoms with Crippen molar-refractivity contribution < 1.29 is 17.9 Å². The molecular formula is C19H10B3ClF3N5O. The quantitative estimate of drug-likeness (QED) is 0.346. The number of rotatable bonds is 5. The van der Waals surface area contributed by atoms with Gasteiger partial charge in [-0.15, -0.1) is 0 Å². The Kier molecular flexibility index (Phi) is 5.66. The van der Waals surface area contributed by atoms with Gasteiger partial charge in [0.2, 0.25) is 11.2 Å². The second-order valence-corrected chi connectivity index (χ2v) is 7.20. The van der Waals surface area contributed by atoms with Gasteiger partial charge in [-0.3, -0.25) is 0 Å². The molecule has 0 N–H and O–H groups in total. The molecule has 0 amide bonds. The summed E-state index contributed by atoms with van der Waals surface area (Å²) in [6.45, 7) is 0.106. The Balaban J connectivity index is 1.59. The van der Waals surface area contributed by atoms with E-state index in [0.717, 1.165) is 4.57 Å². The van der Waals surface area contributed by atoms with Gasteiger partial charge in [0.05, 0.1) is 28.9 Å². The fourth-order valence-corrected chi connectivity index (χ4v) is 3.09. The number of alkyl halides is 3. The van der Waals surface area contributed by atoms with Crippen LogP contribution in [0.3, 0.4) is 0 Å². The molecule has 1 aromatic carbocycles. The van der Waals surface area contributed by atoms with Crippen LogP contribution in [-0.4, -0.2) is 48.0 Å². The van der Waals surface area contributed by atoms with Crippen LogP contribution in [0.2, 0.25) is 5.28 Å². The molecule has 3 heterocycles. The van der Waals surface area contributed by atoms with E-state index in [0.29, 0.717) is 28.4 Å². The van der Waals surface area contributed by atoms with Gasteiger partial charge in [0.15, 0.2) is 11.3 Å². The van der Waals surface area contributed by atoms with Gasteiger partial charge in [-0.05, 0) is 29.3 Å². The third-order valence-electron chi connectivity index (χ3n) is 4.41. The standard InChI is InChI=1S/C19H10B3ClF3N5O/c20-19(21,22)31-8-13(18(24,25)26)28-15(31)11-5-3-10(4-6-11)9-32-16-12-2-1-7-27-14(12)29-17(23)30-16/h1-8H,9H2. The molecular weight excluding hydrogens is 439 g/mol. The van der Waals surface area contributed by atoms with Gasteiger partial charge >= 0.3 is 6.18 Å². The van der Waals surface area contributed by atoms with Gasteiger partial charge in [-0.25, -0.2) is 9.97 Å². The highest BCUT2D eigenvalue weighted by molar-refractivity contribution is 6.56. The highest BCUT2D eigenvalue weighted by atomic mass is 35.5. The predicted molar refractivity (Wildman–Crippen MR) is 115 cm³/mol. The maximum absolute atomic E-state index is 13.1. The lowest BCUT2D eigenvalue weighted by Gasteiger charge is -2.25. The highest BCUT2D eigenvalue weighted by Crippen LogP contribution is 2.32. The van der Waals surface area contributed by atoms with E-state index in [4.69, 9.17) is 39.9 Å². The zero-order valence-corrected chi connectivity index (χ0v) is 17.0. The van der Waals surface area contributed by atoms with Crippen LogP contribution in [0.25, 0.3) is 22.4 Å². The average molecular weight is 449 g/mol. The number of nitrogens with zero attached hydrogens (tertiary/aromatic N) is 5. The van der Waals surface area contributed by atoms with Crippen LogP contribution in [0, 0.1) is 0 Å². The molecule has 6 radical (unpaired) electrons. The van der Waals surface area contributed by atoms with Crippen LogP contribution in [0.5, 0.6) is 5.88 Å². The Morgan fingerprint density at radius 1 is 1.00 bits per heavy atom. The van der Waals surface area contributed by atoms with Crippen LogP contribution in [0.4, 0.5) is 13.2 Å². The fraction of sp³-hybridized carbons (Fsp3) is 0.158. The first-order chi connectivity index (χ1) is 15.0. The molecule has 0 aliphatic heterocycles. The highest BCUT2D eigenvalue weighted by Gasteiger charge is 2.36. The van der Waals surface area contributed by atoms with E-state index < -0.39 is 17.1 Å². The summed E-state index contributed by atoms with van der Waals surface area (Å²) < 4.78 is 46.0. The van der Waals surface area contributed by atoms with Crippen molar-refractivity contribution in [3.8, 4) is 17.3 Å². The van der Waals surface area contributed by atoms with Crippen molar-refractivity contribution in [1.29, 1.82) is 0 Å². The minimum absolute atomic E-state index is 0.0114. The molecule has 0 aliphatic carbocycles. The number of pyridine rings is 1. The van der Waals surface area contributed by atoms with Gasteiger partial charge in [-0.1, -0.05) is 29.5 Å². The van der Waals surface area contributed by atoms with Crippen LogP contribution >= 0.6 is 11.6 Å². The van der Waals surface area contributed by atoms with Crippen LogP contribution in [0.1, 0.15) is 11.3 Å². The first-order valence-corrected chi connectivity index (χ1v) is 9.44. The van der Waals surface area contributed by atoms with Crippen molar-refractivity contribution in [1.82, 2.24) is 24.5 Å². The smallest absolute Gasteiger partial charge is 0.434 e. The van der Waals surface area contributed by atoms with Crippen molar-refractivity contribution in [2.75, 3.05) is 0 Å². The second kappa shape index (κ2) is 8.16. The topological polar surface area (TPSA) is 65.7 Å². The van der Waals surface area contributed by atoms with Gasteiger partial charge < -0.3 is 9.30 Å². The van der Waals surface area contributed by atoms with E-state index in [-0.39, 0.29) is 23.6 Å². The van der Waals surface area contributed by atoms with E-state index in [9.17, 15) is 13.2 Å². The summed E-state index contributed by atoms with van der Waals surface area (Å²) in [5.41, 5.74) is 0.259. The lowest BCUT2D eigenvalue weighted by Crippen LogP contribution is -2.35. The van der Waals surface area contributed by atoms with Crippen molar-refractivity contribution in [3.05, 3.63) is 65.3 Å². The number of imidazole rings is 1. The lowest BCUT2D eigenvalue weighted by molar-refractivity contribution is -0.140. The zero-order valence-electron chi connectivity index (χ0n) is 16.2. The second-order valence-electron chi connectivity index (χ2n) is 6.86. The third kappa shape index (κ3) is 4.60. The van der Waals surface area contributed by atoms with Crippen LogP contribution in [-0.2, 0) is 18.0 Å². The summed E-state index contributed by atoms with van der Waals surface area (Å²) in [5, 5.41) is -1.50. The van der Waals surface area contributed by atoms with Crippen molar-refractivity contribution in [3.63, 3.8) is 0 Å². The third-order valence-corrected chi connectivity index (χ3v) is 4.58. The largest absolute Gasteiger partial charge is 0.472 e. The first-order valence-electron chi connectivity index (χ1n) is 9.06.